The molecule has 0 saturated heterocycles. The number of hydrogen-bond acceptors (Lipinski definition) is 8. The van der Waals surface area contributed by atoms with Crippen LogP contribution in [0, 0.1) is 0 Å². The second-order valence-corrected chi connectivity index (χ2v) is 9.97. The van der Waals surface area contributed by atoms with Gasteiger partial charge in [-0.05, 0) is 56.2 Å². The van der Waals surface area contributed by atoms with E-state index in [2.05, 4.69) is 25.7 Å². The minimum atomic E-state index is -0.773. The van der Waals surface area contributed by atoms with Crippen molar-refractivity contribution in [3.8, 4) is 10.6 Å². The zero-order valence-electron chi connectivity index (χ0n) is 17.9. The molecule has 3 rings (SSSR count). The lowest BCUT2D eigenvalue weighted by Crippen LogP contribution is -2.46. The van der Waals surface area contributed by atoms with E-state index < -0.39 is 23.6 Å². The highest BCUT2D eigenvalue weighted by Crippen LogP contribution is 2.24. The molecule has 2 amide bonds. The topological polar surface area (TPSA) is 111 Å². The standard InChI is InChI=1S/C20H26N6O3S2/c1-5-30-12-9-13(22-19(28)29-20(2,3)4)16(27)23-17-24-18-21-10-8-14(26(18)25-17)15-7-6-11-31-15/h6-8,10-11,13H,5,9,12H2,1-4H3,(H,22,28)(H,23,25,27). The smallest absolute Gasteiger partial charge is 0.408 e. The van der Waals surface area contributed by atoms with Crippen LogP contribution in [0.3, 0.4) is 0 Å². The van der Waals surface area contributed by atoms with Crippen molar-refractivity contribution in [2.45, 2.75) is 45.8 Å². The van der Waals surface area contributed by atoms with Crippen LogP contribution in [0.4, 0.5) is 10.7 Å². The molecule has 0 aliphatic carbocycles. The molecule has 2 N–H and O–H groups in total. The van der Waals surface area contributed by atoms with E-state index in [-0.39, 0.29) is 5.95 Å². The van der Waals surface area contributed by atoms with Gasteiger partial charge in [0.05, 0.1) is 10.6 Å². The molecule has 0 bridgehead atoms. The van der Waals surface area contributed by atoms with E-state index in [0.717, 1.165) is 16.3 Å². The maximum Gasteiger partial charge on any atom is 0.408 e. The number of nitrogens with zero attached hydrogens (tertiary/aromatic N) is 4. The first kappa shape index (κ1) is 23.0. The molecule has 1 unspecified atom stereocenters. The van der Waals surface area contributed by atoms with Gasteiger partial charge in [0.15, 0.2) is 0 Å². The molecule has 0 aromatic carbocycles. The number of aromatic nitrogens is 4. The van der Waals surface area contributed by atoms with Gasteiger partial charge in [-0.2, -0.15) is 21.3 Å². The third-order valence-corrected chi connectivity index (χ3v) is 5.84. The lowest BCUT2D eigenvalue weighted by atomic mass is 10.2. The van der Waals surface area contributed by atoms with Crippen molar-refractivity contribution in [2.24, 2.45) is 0 Å². The van der Waals surface area contributed by atoms with Crippen LogP contribution >= 0.6 is 23.1 Å². The van der Waals surface area contributed by atoms with Gasteiger partial charge < -0.3 is 10.1 Å². The molecule has 0 aliphatic rings. The van der Waals surface area contributed by atoms with E-state index >= 15 is 0 Å². The first-order valence-corrected chi connectivity index (χ1v) is 11.9. The number of thiophene rings is 1. The minimum Gasteiger partial charge on any atom is -0.444 e. The van der Waals surface area contributed by atoms with Crippen LogP contribution in [-0.2, 0) is 9.53 Å². The van der Waals surface area contributed by atoms with Crippen LogP contribution in [0.15, 0.2) is 29.8 Å². The Morgan fingerprint density at radius 2 is 2.13 bits per heavy atom. The first-order valence-electron chi connectivity index (χ1n) is 9.90. The van der Waals surface area contributed by atoms with Gasteiger partial charge in [-0.1, -0.05) is 13.0 Å². The number of anilines is 1. The SMILES string of the molecule is CCSCCC(NC(=O)OC(C)(C)C)C(=O)Nc1nc2nccc(-c3cccs3)n2n1. The highest BCUT2D eigenvalue weighted by atomic mass is 32.2. The molecule has 9 nitrogen and oxygen atoms in total. The maximum atomic E-state index is 12.9. The van der Waals surface area contributed by atoms with Gasteiger partial charge in [0.25, 0.3) is 11.7 Å². The van der Waals surface area contributed by atoms with Gasteiger partial charge in [0.1, 0.15) is 11.6 Å². The normalized spacial score (nSPS) is 12.5. The average Bonchev–Trinajstić information content (AvgIpc) is 3.35. The van der Waals surface area contributed by atoms with E-state index in [9.17, 15) is 9.59 Å². The third-order valence-electron chi connectivity index (χ3n) is 4.01. The van der Waals surface area contributed by atoms with E-state index in [4.69, 9.17) is 4.74 Å². The summed E-state index contributed by atoms with van der Waals surface area (Å²) in [7, 11) is 0. The predicted molar refractivity (Wildman–Crippen MR) is 123 cm³/mol. The molecule has 1 atom stereocenters. The summed E-state index contributed by atoms with van der Waals surface area (Å²) in [5.74, 6) is 1.73. The van der Waals surface area contributed by atoms with Gasteiger partial charge in [-0.3, -0.25) is 10.1 Å². The first-order chi connectivity index (χ1) is 14.8. The molecule has 0 aliphatic heterocycles. The van der Waals surface area contributed by atoms with Crippen molar-refractivity contribution in [1.29, 1.82) is 0 Å². The zero-order chi connectivity index (χ0) is 22.4. The Bertz CT molecular complexity index is 1030. The molecule has 0 radical (unpaired) electrons. The fourth-order valence-electron chi connectivity index (χ4n) is 2.72. The molecule has 0 saturated carbocycles. The summed E-state index contributed by atoms with van der Waals surface area (Å²) in [5.41, 5.74) is 0.173. The Morgan fingerprint density at radius 3 is 2.81 bits per heavy atom. The van der Waals surface area contributed by atoms with E-state index in [1.54, 1.807) is 54.6 Å². The van der Waals surface area contributed by atoms with Crippen molar-refractivity contribution < 1.29 is 14.3 Å². The van der Waals surface area contributed by atoms with Crippen molar-refractivity contribution >= 4 is 46.8 Å². The Hall–Kier alpha value is -2.66. The largest absolute Gasteiger partial charge is 0.444 e. The zero-order valence-corrected chi connectivity index (χ0v) is 19.5. The Morgan fingerprint density at radius 1 is 1.32 bits per heavy atom. The molecule has 3 aromatic rings. The van der Waals surface area contributed by atoms with Crippen molar-refractivity contribution in [2.75, 3.05) is 16.8 Å². The summed E-state index contributed by atoms with van der Waals surface area (Å²) in [6, 6.07) is 5.00. The lowest BCUT2D eigenvalue weighted by Gasteiger charge is -2.23. The summed E-state index contributed by atoms with van der Waals surface area (Å²) in [6.45, 7) is 7.36. The molecular weight excluding hydrogens is 436 g/mol. The van der Waals surface area contributed by atoms with Gasteiger partial charge in [0, 0.05) is 6.20 Å². The molecular formula is C20H26N6O3S2. The highest BCUT2D eigenvalue weighted by Gasteiger charge is 2.25. The lowest BCUT2D eigenvalue weighted by molar-refractivity contribution is -0.118. The number of ether oxygens (including phenoxy) is 1. The van der Waals surface area contributed by atoms with Gasteiger partial charge >= 0.3 is 6.09 Å². The van der Waals surface area contributed by atoms with Crippen molar-refractivity contribution in [1.82, 2.24) is 24.9 Å². The number of nitrogens with one attached hydrogen (secondary N) is 2. The Kier molecular flexibility index (Phi) is 7.50. The summed E-state index contributed by atoms with van der Waals surface area (Å²) in [5, 5.41) is 11.7. The van der Waals surface area contributed by atoms with E-state index in [1.165, 1.54) is 0 Å². The summed E-state index contributed by atoms with van der Waals surface area (Å²) < 4.78 is 6.89. The quantitative estimate of drug-likeness (QED) is 0.490. The van der Waals surface area contributed by atoms with Crippen molar-refractivity contribution in [3.63, 3.8) is 0 Å². The molecule has 3 aromatic heterocycles. The summed E-state index contributed by atoms with van der Waals surface area (Å²) in [4.78, 5) is 34.7. The number of hydrogen-bond donors (Lipinski definition) is 2. The summed E-state index contributed by atoms with van der Waals surface area (Å²) in [6.07, 6.45) is 1.47. The molecule has 3 heterocycles. The van der Waals surface area contributed by atoms with E-state index in [1.807, 2.05) is 30.5 Å². The molecule has 31 heavy (non-hydrogen) atoms. The van der Waals surface area contributed by atoms with Gasteiger partial charge in [-0.25, -0.2) is 9.78 Å². The second-order valence-electron chi connectivity index (χ2n) is 7.63. The van der Waals surface area contributed by atoms with E-state index in [0.29, 0.717) is 18.0 Å². The number of fused-ring (bicyclic) bond motifs is 1. The van der Waals surface area contributed by atoms with Crippen LogP contribution < -0.4 is 10.6 Å². The van der Waals surface area contributed by atoms with Crippen LogP contribution in [0.25, 0.3) is 16.3 Å². The monoisotopic (exact) mass is 462 g/mol. The van der Waals surface area contributed by atoms with Gasteiger partial charge in [0.2, 0.25) is 5.91 Å². The number of thioether (sulfide) groups is 1. The number of carbonyl (C=O) groups is 2. The van der Waals surface area contributed by atoms with Crippen molar-refractivity contribution in [3.05, 3.63) is 29.8 Å². The number of rotatable bonds is 8. The summed E-state index contributed by atoms with van der Waals surface area (Å²) >= 11 is 3.26. The van der Waals surface area contributed by atoms with Crippen LogP contribution in [0.2, 0.25) is 0 Å². The molecule has 11 heteroatoms. The van der Waals surface area contributed by atoms with Crippen LogP contribution in [0.5, 0.6) is 0 Å². The Balaban J connectivity index is 1.76. The van der Waals surface area contributed by atoms with Crippen LogP contribution in [0.1, 0.15) is 34.1 Å². The molecule has 0 spiro atoms. The number of amides is 2. The highest BCUT2D eigenvalue weighted by molar-refractivity contribution is 7.99. The molecule has 166 valence electrons. The maximum absolute atomic E-state index is 12.9. The number of carbonyl (C=O) groups excluding carboxylic acids is 2. The van der Waals surface area contributed by atoms with Crippen LogP contribution in [-0.4, -0.2) is 54.7 Å². The molecule has 0 fully saturated rings. The second kappa shape index (κ2) is 10.1. The van der Waals surface area contributed by atoms with Gasteiger partial charge in [-0.15, -0.1) is 16.4 Å². The minimum absolute atomic E-state index is 0.126. The number of alkyl carbamates (subject to hydrolysis) is 1. The fourth-order valence-corrected chi connectivity index (χ4v) is 4.15. The fraction of sp³-hybridized carbons (Fsp3) is 0.450. The Labute approximate surface area is 189 Å². The third kappa shape index (κ3) is 6.41. The average molecular weight is 463 g/mol. The predicted octanol–water partition coefficient (Wildman–Crippen LogP) is 3.83.